The van der Waals surface area contributed by atoms with E-state index in [1.807, 2.05) is 81.4 Å². The van der Waals surface area contributed by atoms with Gasteiger partial charge in [-0.05, 0) is 72.7 Å². The zero-order chi connectivity index (χ0) is 27.9. The summed E-state index contributed by atoms with van der Waals surface area (Å²) in [6.45, 7) is 6.41. The summed E-state index contributed by atoms with van der Waals surface area (Å²) in [5.41, 5.74) is 5.30. The minimum Gasteiger partial charge on any atom is -0.393 e. The van der Waals surface area contributed by atoms with Crippen LogP contribution in [-0.4, -0.2) is 32.9 Å². The molecule has 0 aliphatic carbocycles. The molecule has 0 saturated carbocycles. The third-order valence-corrected chi connectivity index (χ3v) is 6.99. The van der Waals surface area contributed by atoms with Crippen LogP contribution in [0.15, 0.2) is 84.9 Å². The Kier molecular flexibility index (Phi) is 9.33. The topological polar surface area (TPSA) is 74.5 Å². The van der Waals surface area contributed by atoms with Crippen LogP contribution in [-0.2, 0) is 6.54 Å². The maximum atomic E-state index is 14.0. The number of halogens is 1. The van der Waals surface area contributed by atoms with Gasteiger partial charge in [-0.15, -0.1) is 0 Å². The number of nitrogens with one attached hydrogen (secondary N) is 1. The highest BCUT2D eigenvalue weighted by Crippen LogP contribution is 2.42. The van der Waals surface area contributed by atoms with Gasteiger partial charge < -0.3 is 20.1 Å². The molecule has 2 atom stereocenters. The first-order valence-corrected chi connectivity index (χ1v) is 13.6. The lowest BCUT2D eigenvalue weighted by atomic mass is 9.94. The van der Waals surface area contributed by atoms with Gasteiger partial charge in [0, 0.05) is 23.5 Å². The van der Waals surface area contributed by atoms with Gasteiger partial charge in [-0.1, -0.05) is 69.3 Å². The highest BCUT2D eigenvalue weighted by molar-refractivity contribution is 6.12. The first-order valence-electron chi connectivity index (χ1n) is 13.6. The molecule has 4 aromatic rings. The molecule has 3 aromatic carbocycles. The lowest BCUT2D eigenvalue weighted by molar-refractivity contribution is 0.0711. The van der Waals surface area contributed by atoms with Gasteiger partial charge in [0.1, 0.15) is 5.82 Å². The molecular formula is C33H37FN2O3. The van der Waals surface area contributed by atoms with Gasteiger partial charge in [-0.25, -0.2) is 4.39 Å². The molecule has 0 unspecified atom stereocenters. The number of para-hydroxylation sites is 1. The van der Waals surface area contributed by atoms with Crippen LogP contribution in [0.1, 0.15) is 62.0 Å². The second-order valence-electron chi connectivity index (χ2n) is 10.2. The predicted molar refractivity (Wildman–Crippen MR) is 155 cm³/mol. The zero-order valence-corrected chi connectivity index (χ0v) is 22.8. The monoisotopic (exact) mass is 528 g/mol. The SMILES string of the molecule is CC[C@H](O)C[C@H](O)CCn1c(-c2ccc(F)cc2)c(-c2ccccc2)c(C(=O)Nc2ccccc2)c1C(C)C. The molecule has 204 valence electrons. The molecule has 0 fully saturated rings. The number of anilines is 1. The van der Waals surface area contributed by atoms with Crippen molar-refractivity contribution >= 4 is 11.6 Å². The number of aliphatic hydroxyl groups excluding tert-OH is 2. The van der Waals surface area contributed by atoms with Crippen LogP contribution in [0, 0.1) is 5.82 Å². The summed E-state index contributed by atoms with van der Waals surface area (Å²) >= 11 is 0. The fraction of sp³-hybridized carbons (Fsp3) is 0.303. The Hall–Kier alpha value is -3.74. The van der Waals surface area contributed by atoms with E-state index in [-0.39, 0.29) is 24.1 Å². The van der Waals surface area contributed by atoms with E-state index in [0.29, 0.717) is 30.6 Å². The molecule has 0 aliphatic rings. The zero-order valence-electron chi connectivity index (χ0n) is 22.8. The Labute approximate surface area is 230 Å². The molecule has 0 bridgehead atoms. The lowest BCUT2D eigenvalue weighted by Gasteiger charge is -2.20. The van der Waals surface area contributed by atoms with E-state index < -0.39 is 12.2 Å². The summed E-state index contributed by atoms with van der Waals surface area (Å²) in [6.07, 6.45) is -0.0231. The largest absolute Gasteiger partial charge is 0.393 e. The quantitative estimate of drug-likeness (QED) is 0.192. The summed E-state index contributed by atoms with van der Waals surface area (Å²) in [5, 5.41) is 23.9. The first-order chi connectivity index (χ1) is 18.8. The van der Waals surface area contributed by atoms with Gasteiger partial charge in [0.25, 0.3) is 5.91 Å². The van der Waals surface area contributed by atoms with Crippen LogP contribution < -0.4 is 5.32 Å². The Morgan fingerprint density at radius 1 is 0.872 bits per heavy atom. The Balaban J connectivity index is 1.94. The van der Waals surface area contributed by atoms with Crippen molar-refractivity contribution in [1.29, 1.82) is 0 Å². The smallest absolute Gasteiger partial charge is 0.258 e. The second kappa shape index (κ2) is 12.9. The van der Waals surface area contributed by atoms with Gasteiger partial charge in [-0.3, -0.25) is 4.79 Å². The van der Waals surface area contributed by atoms with Crippen molar-refractivity contribution in [2.45, 2.75) is 64.7 Å². The van der Waals surface area contributed by atoms with Crippen LogP contribution in [0.3, 0.4) is 0 Å². The molecule has 3 N–H and O–H groups in total. The van der Waals surface area contributed by atoms with Gasteiger partial charge in [-0.2, -0.15) is 0 Å². The molecule has 0 aliphatic heterocycles. The Bertz CT molecular complexity index is 1370. The number of hydrogen-bond acceptors (Lipinski definition) is 3. The van der Waals surface area contributed by atoms with E-state index in [1.165, 1.54) is 12.1 Å². The fourth-order valence-corrected chi connectivity index (χ4v) is 5.08. The number of benzene rings is 3. The molecule has 0 saturated heterocycles. The molecule has 1 heterocycles. The van der Waals surface area contributed by atoms with Crippen LogP contribution in [0.4, 0.5) is 10.1 Å². The summed E-state index contributed by atoms with van der Waals surface area (Å²) in [4.78, 5) is 14.0. The summed E-state index contributed by atoms with van der Waals surface area (Å²) in [6, 6.07) is 25.4. The lowest BCUT2D eigenvalue weighted by Crippen LogP contribution is -2.20. The maximum absolute atomic E-state index is 14.0. The summed E-state index contributed by atoms with van der Waals surface area (Å²) in [5.74, 6) is -0.599. The average molecular weight is 529 g/mol. The fourth-order valence-electron chi connectivity index (χ4n) is 5.08. The van der Waals surface area contributed by atoms with Crippen molar-refractivity contribution in [3.05, 3.63) is 102 Å². The predicted octanol–water partition coefficient (Wildman–Crippen LogP) is 7.25. The van der Waals surface area contributed by atoms with Crippen molar-refractivity contribution in [1.82, 2.24) is 4.57 Å². The van der Waals surface area contributed by atoms with E-state index in [1.54, 1.807) is 12.1 Å². The molecule has 6 heteroatoms. The number of rotatable bonds is 11. The van der Waals surface area contributed by atoms with E-state index >= 15 is 0 Å². The highest BCUT2D eigenvalue weighted by atomic mass is 19.1. The summed E-state index contributed by atoms with van der Waals surface area (Å²) in [7, 11) is 0. The van der Waals surface area contributed by atoms with Crippen LogP contribution >= 0.6 is 0 Å². The molecule has 0 radical (unpaired) electrons. The minimum absolute atomic E-state index is 0.0310. The third-order valence-electron chi connectivity index (χ3n) is 6.99. The Morgan fingerprint density at radius 3 is 2.08 bits per heavy atom. The van der Waals surface area contributed by atoms with E-state index in [0.717, 1.165) is 28.1 Å². The van der Waals surface area contributed by atoms with Crippen molar-refractivity contribution in [2.75, 3.05) is 5.32 Å². The van der Waals surface area contributed by atoms with Crippen molar-refractivity contribution in [2.24, 2.45) is 0 Å². The van der Waals surface area contributed by atoms with Crippen LogP contribution in [0.5, 0.6) is 0 Å². The molecule has 1 aromatic heterocycles. The van der Waals surface area contributed by atoms with Crippen molar-refractivity contribution in [3.8, 4) is 22.4 Å². The molecule has 4 rings (SSSR count). The number of nitrogens with zero attached hydrogens (tertiary/aromatic N) is 1. The normalized spacial score (nSPS) is 12.9. The third kappa shape index (κ3) is 6.64. The van der Waals surface area contributed by atoms with Crippen LogP contribution in [0.2, 0.25) is 0 Å². The number of carbonyl (C=O) groups excluding carboxylic acids is 1. The van der Waals surface area contributed by atoms with Crippen LogP contribution in [0.25, 0.3) is 22.4 Å². The highest BCUT2D eigenvalue weighted by Gasteiger charge is 2.30. The van der Waals surface area contributed by atoms with E-state index in [9.17, 15) is 19.4 Å². The molecule has 0 spiro atoms. The number of amides is 1. The first kappa shape index (κ1) is 28.3. The molecule has 5 nitrogen and oxygen atoms in total. The maximum Gasteiger partial charge on any atom is 0.258 e. The van der Waals surface area contributed by atoms with E-state index in [4.69, 9.17) is 0 Å². The van der Waals surface area contributed by atoms with E-state index in [2.05, 4.69) is 9.88 Å². The molecule has 1 amide bonds. The van der Waals surface area contributed by atoms with Crippen molar-refractivity contribution in [3.63, 3.8) is 0 Å². The second-order valence-corrected chi connectivity index (χ2v) is 10.2. The summed E-state index contributed by atoms with van der Waals surface area (Å²) < 4.78 is 16.1. The standard InChI is InChI=1S/C33H37FN2O3/c1-4-27(37)21-28(38)19-20-36-31(22(2)3)30(33(39)35-26-13-9-6-10-14-26)29(23-11-7-5-8-12-23)32(36)24-15-17-25(34)18-16-24/h5-18,22,27-28,37-38H,4,19-21H2,1-3H3,(H,35,39)/t27-,28+/m0/s1. The number of aliphatic hydroxyl groups is 2. The number of carbonyl (C=O) groups is 1. The average Bonchev–Trinajstić information content (AvgIpc) is 3.29. The van der Waals surface area contributed by atoms with Gasteiger partial charge in [0.2, 0.25) is 0 Å². The number of aromatic nitrogens is 1. The molecular weight excluding hydrogens is 491 g/mol. The number of hydrogen-bond donors (Lipinski definition) is 3. The van der Waals surface area contributed by atoms with Gasteiger partial charge >= 0.3 is 0 Å². The van der Waals surface area contributed by atoms with Gasteiger partial charge in [0.15, 0.2) is 0 Å². The van der Waals surface area contributed by atoms with Crippen molar-refractivity contribution < 1.29 is 19.4 Å². The Morgan fingerprint density at radius 2 is 1.49 bits per heavy atom. The van der Waals surface area contributed by atoms with Gasteiger partial charge in [0.05, 0.1) is 23.5 Å². The minimum atomic E-state index is -0.704. The molecule has 39 heavy (non-hydrogen) atoms.